The summed E-state index contributed by atoms with van der Waals surface area (Å²) in [6.45, 7) is 8.82. The molecule has 0 radical (unpaired) electrons. The third-order valence-electron chi connectivity index (χ3n) is 4.49. The molecule has 1 aromatic rings. The zero-order valence-corrected chi connectivity index (χ0v) is 14.1. The number of aromatic amines is 1. The highest BCUT2D eigenvalue weighted by molar-refractivity contribution is 5.96. The second-order valence-electron chi connectivity index (χ2n) is 6.61. The van der Waals surface area contributed by atoms with Gasteiger partial charge in [0.1, 0.15) is 0 Å². The van der Waals surface area contributed by atoms with Gasteiger partial charge in [0, 0.05) is 24.5 Å². The van der Waals surface area contributed by atoms with Crippen molar-refractivity contribution in [1.29, 1.82) is 0 Å². The van der Waals surface area contributed by atoms with Gasteiger partial charge in [-0.05, 0) is 24.3 Å². The molecule has 1 aromatic heterocycles. The highest BCUT2D eigenvalue weighted by atomic mass is 16.5. The van der Waals surface area contributed by atoms with Crippen LogP contribution in [0.4, 0.5) is 0 Å². The Bertz CT molecular complexity index is 548. The van der Waals surface area contributed by atoms with Crippen molar-refractivity contribution in [2.75, 3.05) is 13.7 Å². The Hall–Kier alpha value is -1.78. The Balaban J connectivity index is 2.29. The maximum absolute atomic E-state index is 13.0. The van der Waals surface area contributed by atoms with Crippen LogP contribution >= 0.6 is 0 Å². The summed E-state index contributed by atoms with van der Waals surface area (Å²) in [6.07, 6.45) is 2.48. The lowest BCUT2D eigenvalue weighted by molar-refractivity contribution is -0.146. The van der Waals surface area contributed by atoms with Crippen molar-refractivity contribution in [3.8, 4) is 0 Å². The lowest BCUT2D eigenvalue weighted by Gasteiger charge is -2.30. The van der Waals surface area contributed by atoms with Gasteiger partial charge in [-0.3, -0.25) is 9.59 Å². The Morgan fingerprint density at radius 3 is 2.55 bits per heavy atom. The van der Waals surface area contributed by atoms with Crippen LogP contribution in [0.2, 0.25) is 0 Å². The number of carbonyl (C=O) groups is 2. The van der Waals surface area contributed by atoms with Crippen LogP contribution in [-0.2, 0) is 9.53 Å². The first-order valence-electron chi connectivity index (χ1n) is 7.94. The smallest absolute Gasteiger partial charge is 0.310 e. The second-order valence-corrected chi connectivity index (χ2v) is 6.61. The summed E-state index contributed by atoms with van der Waals surface area (Å²) in [6, 6.07) is 1.73. The Morgan fingerprint density at radius 1 is 1.32 bits per heavy atom. The lowest BCUT2D eigenvalue weighted by Crippen LogP contribution is -2.43. The predicted molar refractivity (Wildman–Crippen MR) is 84.7 cm³/mol. The summed E-state index contributed by atoms with van der Waals surface area (Å²) in [5.41, 5.74) is 1.67. The van der Waals surface area contributed by atoms with Gasteiger partial charge in [-0.2, -0.15) is 0 Å². The molecule has 1 aliphatic rings. The Morgan fingerprint density at radius 2 is 2.00 bits per heavy atom. The van der Waals surface area contributed by atoms with Crippen molar-refractivity contribution in [1.82, 2.24) is 9.88 Å². The summed E-state index contributed by atoms with van der Waals surface area (Å²) in [5, 5.41) is 0. The molecule has 5 nitrogen and oxygen atoms in total. The fourth-order valence-corrected chi connectivity index (χ4v) is 3.49. The summed E-state index contributed by atoms with van der Waals surface area (Å²) in [7, 11) is 1.41. The molecule has 0 aromatic carbocycles. The number of nitrogens with one attached hydrogen (secondary N) is 1. The number of nitrogens with zero attached hydrogens (tertiary/aromatic N) is 1. The van der Waals surface area contributed by atoms with Crippen LogP contribution in [0.5, 0.6) is 0 Å². The molecule has 5 heteroatoms. The molecule has 22 heavy (non-hydrogen) atoms. The largest absolute Gasteiger partial charge is 0.469 e. The van der Waals surface area contributed by atoms with E-state index in [0.717, 1.165) is 5.69 Å². The van der Waals surface area contributed by atoms with E-state index in [4.69, 9.17) is 4.74 Å². The van der Waals surface area contributed by atoms with Crippen molar-refractivity contribution in [2.24, 2.45) is 11.8 Å². The van der Waals surface area contributed by atoms with Gasteiger partial charge in [-0.15, -0.1) is 0 Å². The van der Waals surface area contributed by atoms with Crippen molar-refractivity contribution in [3.63, 3.8) is 0 Å². The molecule has 1 aliphatic heterocycles. The predicted octanol–water partition coefficient (Wildman–Crippen LogP) is 2.80. The van der Waals surface area contributed by atoms with E-state index < -0.39 is 0 Å². The summed E-state index contributed by atoms with van der Waals surface area (Å²) in [4.78, 5) is 30.0. The topological polar surface area (TPSA) is 62.4 Å². The molecule has 1 N–H and O–H groups in total. The highest BCUT2D eigenvalue weighted by Crippen LogP contribution is 2.33. The number of hydrogen-bond acceptors (Lipinski definition) is 3. The van der Waals surface area contributed by atoms with Crippen LogP contribution in [0.1, 0.15) is 56.1 Å². The van der Waals surface area contributed by atoms with Gasteiger partial charge in [0.15, 0.2) is 0 Å². The number of hydrogen-bond donors (Lipinski definition) is 1. The fourth-order valence-electron chi connectivity index (χ4n) is 3.49. The van der Waals surface area contributed by atoms with Crippen molar-refractivity contribution >= 4 is 11.9 Å². The molecule has 0 spiro atoms. The third kappa shape index (κ3) is 2.89. The minimum Gasteiger partial charge on any atom is -0.469 e. The number of ether oxygens (including phenoxy) is 1. The standard InChI is InChI=1S/C17H26N2O3/c1-10(2)14-12(6-8-18-14)16(20)19-9-7-13(17(21)22-5)15(19)11(3)4/h6,8,10-11,13,15,18H,7,9H2,1-5H3. The number of amides is 1. The molecule has 0 saturated carbocycles. The molecule has 2 rings (SSSR count). The lowest BCUT2D eigenvalue weighted by atomic mass is 9.91. The maximum Gasteiger partial charge on any atom is 0.310 e. The van der Waals surface area contributed by atoms with Crippen LogP contribution in [-0.4, -0.2) is 41.5 Å². The zero-order chi connectivity index (χ0) is 16.4. The Kier molecular flexibility index (Phi) is 4.94. The number of H-pyrrole nitrogens is 1. The molecule has 0 aliphatic carbocycles. The number of carbonyl (C=O) groups excluding carboxylic acids is 2. The van der Waals surface area contributed by atoms with Gasteiger partial charge < -0.3 is 14.6 Å². The second kappa shape index (κ2) is 6.55. The summed E-state index contributed by atoms with van der Waals surface area (Å²) >= 11 is 0. The van der Waals surface area contributed by atoms with E-state index >= 15 is 0 Å². The van der Waals surface area contributed by atoms with E-state index in [-0.39, 0.29) is 35.7 Å². The van der Waals surface area contributed by atoms with Crippen molar-refractivity contribution in [2.45, 2.75) is 46.1 Å². The number of likely N-dealkylation sites (tertiary alicyclic amines) is 1. The third-order valence-corrected chi connectivity index (χ3v) is 4.49. The number of esters is 1. The van der Waals surface area contributed by atoms with E-state index in [1.807, 2.05) is 24.8 Å². The molecule has 1 amide bonds. The van der Waals surface area contributed by atoms with Gasteiger partial charge in [-0.1, -0.05) is 27.7 Å². The first-order chi connectivity index (χ1) is 10.4. The van der Waals surface area contributed by atoms with E-state index in [9.17, 15) is 9.59 Å². The average molecular weight is 306 g/mol. The number of methoxy groups -OCH3 is 1. The number of rotatable bonds is 4. The molecule has 2 heterocycles. The zero-order valence-electron chi connectivity index (χ0n) is 14.1. The summed E-state index contributed by atoms with van der Waals surface area (Å²) < 4.78 is 4.91. The highest BCUT2D eigenvalue weighted by Gasteiger charge is 2.43. The molecule has 122 valence electrons. The number of aromatic nitrogens is 1. The molecule has 1 fully saturated rings. The molecular formula is C17H26N2O3. The minimum atomic E-state index is -0.226. The molecule has 2 atom stereocenters. The van der Waals surface area contributed by atoms with Crippen LogP contribution in [0.3, 0.4) is 0 Å². The van der Waals surface area contributed by atoms with Gasteiger partial charge in [0.2, 0.25) is 0 Å². The monoisotopic (exact) mass is 306 g/mol. The van der Waals surface area contributed by atoms with Crippen molar-refractivity contribution in [3.05, 3.63) is 23.5 Å². The maximum atomic E-state index is 13.0. The van der Waals surface area contributed by atoms with Crippen molar-refractivity contribution < 1.29 is 14.3 Å². The SMILES string of the molecule is COC(=O)C1CCN(C(=O)c2cc[nH]c2C(C)C)C1C(C)C. The molecule has 2 unspecified atom stereocenters. The van der Waals surface area contributed by atoms with Crippen LogP contribution in [0, 0.1) is 11.8 Å². The molecular weight excluding hydrogens is 280 g/mol. The molecule has 0 bridgehead atoms. The van der Waals surface area contributed by atoms with E-state index in [2.05, 4.69) is 18.8 Å². The Labute approximate surface area is 132 Å². The fraction of sp³-hybridized carbons (Fsp3) is 0.647. The van der Waals surface area contributed by atoms with Crippen LogP contribution in [0.15, 0.2) is 12.3 Å². The van der Waals surface area contributed by atoms with E-state index in [1.54, 1.807) is 6.20 Å². The van der Waals surface area contributed by atoms with Crippen LogP contribution < -0.4 is 0 Å². The normalized spacial score (nSPS) is 21.7. The van der Waals surface area contributed by atoms with Gasteiger partial charge in [0.05, 0.1) is 18.6 Å². The first-order valence-corrected chi connectivity index (χ1v) is 7.94. The quantitative estimate of drug-likeness (QED) is 0.870. The minimum absolute atomic E-state index is 0.00931. The molecule has 1 saturated heterocycles. The first kappa shape index (κ1) is 16.6. The summed E-state index contributed by atoms with van der Waals surface area (Å²) in [5.74, 6) is 0.0278. The van der Waals surface area contributed by atoms with Gasteiger partial charge in [0.25, 0.3) is 5.91 Å². The van der Waals surface area contributed by atoms with E-state index in [1.165, 1.54) is 7.11 Å². The van der Waals surface area contributed by atoms with E-state index in [0.29, 0.717) is 18.5 Å². The van der Waals surface area contributed by atoms with Crippen LogP contribution in [0.25, 0.3) is 0 Å². The van der Waals surface area contributed by atoms with Gasteiger partial charge in [-0.25, -0.2) is 0 Å². The average Bonchev–Trinajstić information content (AvgIpc) is 3.11. The van der Waals surface area contributed by atoms with Gasteiger partial charge >= 0.3 is 5.97 Å².